The van der Waals surface area contributed by atoms with Gasteiger partial charge in [0.2, 0.25) is 0 Å². The lowest BCUT2D eigenvalue weighted by Crippen LogP contribution is -2.43. The molecule has 4 nitrogen and oxygen atoms in total. The Morgan fingerprint density at radius 3 is 2.37 bits per heavy atom. The topological polar surface area (TPSA) is 49.4 Å². The monoisotopic (exact) mass is 286 g/mol. The zero-order valence-corrected chi connectivity index (χ0v) is 11.8. The fraction of sp³-hybridized carbons (Fsp3) is 0.538. The highest BCUT2D eigenvalue weighted by Gasteiger charge is 2.26. The van der Waals surface area contributed by atoms with Crippen LogP contribution >= 0.6 is 0 Å². The second-order valence-corrected chi connectivity index (χ2v) is 6.76. The van der Waals surface area contributed by atoms with E-state index in [0.29, 0.717) is 19.0 Å². The molecule has 1 aliphatic heterocycles. The third-order valence-electron chi connectivity index (χ3n) is 3.61. The van der Waals surface area contributed by atoms with E-state index in [1.807, 2.05) is 0 Å². The molecule has 1 aliphatic rings. The summed E-state index contributed by atoms with van der Waals surface area (Å²) in [5.41, 5.74) is 1.11. The summed E-state index contributed by atoms with van der Waals surface area (Å²) in [6, 6.07) is 6.53. The average molecular weight is 286 g/mol. The smallest absolute Gasteiger partial charge is 0.207 e. The molecule has 1 saturated heterocycles. The summed E-state index contributed by atoms with van der Waals surface area (Å²) < 4.78 is 39.9. The van der Waals surface area contributed by atoms with E-state index >= 15 is 0 Å². The molecular formula is C13H19FN2O2S. The molecule has 0 spiro atoms. The summed E-state index contributed by atoms with van der Waals surface area (Å²) in [7, 11) is -1.86. The molecule has 0 radical (unpaired) electrons. The van der Waals surface area contributed by atoms with Gasteiger partial charge < -0.3 is 0 Å². The summed E-state index contributed by atoms with van der Waals surface area (Å²) in [5.74, 6) is 0.243. The number of benzene rings is 1. The van der Waals surface area contributed by atoms with Crippen LogP contribution in [-0.2, 0) is 16.6 Å². The molecular weight excluding hydrogens is 267 g/mol. The van der Waals surface area contributed by atoms with Crippen molar-refractivity contribution in [2.75, 3.05) is 20.1 Å². The molecule has 0 atom stereocenters. The van der Waals surface area contributed by atoms with Gasteiger partial charge in [-0.25, -0.2) is 9.11 Å². The van der Waals surface area contributed by atoms with Crippen LogP contribution in [-0.4, -0.2) is 32.9 Å². The molecule has 0 aliphatic carbocycles. The van der Waals surface area contributed by atoms with Gasteiger partial charge in [-0.3, -0.25) is 0 Å². The lowest BCUT2D eigenvalue weighted by Gasteiger charge is -2.30. The Morgan fingerprint density at radius 1 is 1.26 bits per heavy atom. The highest BCUT2D eigenvalue weighted by atomic mass is 32.2. The van der Waals surface area contributed by atoms with Crippen molar-refractivity contribution >= 4 is 10.2 Å². The minimum Gasteiger partial charge on any atom is -0.207 e. The number of rotatable bonds is 4. The van der Waals surface area contributed by atoms with Gasteiger partial charge in [0.1, 0.15) is 5.82 Å². The van der Waals surface area contributed by atoms with Crippen molar-refractivity contribution in [1.29, 1.82) is 0 Å². The third kappa shape index (κ3) is 3.75. The van der Waals surface area contributed by atoms with Crippen molar-refractivity contribution in [3.8, 4) is 0 Å². The SMILES string of the molecule is CNS(=O)(=O)N1CCC(Cc2ccc(F)cc2)CC1. The normalized spacial score (nSPS) is 18.6. The summed E-state index contributed by atoms with van der Waals surface area (Å²) in [5, 5.41) is 0. The van der Waals surface area contributed by atoms with Crippen LogP contribution in [0.25, 0.3) is 0 Å². The summed E-state index contributed by atoms with van der Waals surface area (Å²) in [6.45, 7) is 1.10. The van der Waals surface area contributed by atoms with Gasteiger partial charge in [-0.2, -0.15) is 12.7 Å². The van der Waals surface area contributed by atoms with E-state index in [-0.39, 0.29) is 5.82 Å². The molecule has 106 valence electrons. The number of piperidine rings is 1. The number of halogens is 1. The van der Waals surface area contributed by atoms with E-state index in [2.05, 4.69) is 4.72 Å². The Balaban J connectivity index is 1.89. The molecule has 0 saturated carbocycles. The van der Waals surface area contributed by atoms with Crippen LogP contribution in [0.2, 0.25) is 0 Å². The Morgan fingerprint density at radius 2 is 1.84 bits per heavy atom. The maximum atomic E-state index is 12.8. The molecule has 0 amide bonds. The molecule has 2 rings (SSSR count). The second kappa shape index (κ2) is 5.98. The highest BCUT2D eigenvalue weighted by molar-refractivity contribution is 7.87. The molecule has 1 fully saturated rings. The van der Waals surface area contributed by atoms with E-state index in [1.54, 1.807) is 12.1 Å². The quantitative estimate of drug-likeness (QED) is 0.913. The van der Waals surface area contributed by atoms with E-state index in [4.69, 9.17) is 0 Å². The van der Waals surface area contributed by atoms with Crippen molar-refractivity contribution in [3.05, 3.63) is 35.6 Å². The Hall–Kier alpha value is -0.980. The van der Waals surface area contributed by atoms with Gasteiger partial charge >= 0.3 is 0 Å². The number of hydrogen-bond donors (Lipinski definition) is 1. The van der Waals surface area contributed by atoms with E-state index in [0.717, 1.165) is 24.8 Å². The molecule has 1 heterocycles. The van der Waals surface area contributed by atoms with Gasteiger partial charge in [0, 0.05) is 20.1 Å². The van der Waals surface area contributed by atoms with Gasteiger partial charge in [0.25, 0.3) is 10.2 Å². The van der Waals surface area contributed by atoms with Crippen LogP contribution < -0.4 is 4.72 Å². The summed E-state index contributed by atoms with van der Waals surface area (Å²) in [6.07, 6.45) is 2.57. The fourth-order valence-electron chi connectivity index (χ4n) is 2.44. The van der Waals surface area contributed by atoms with Gasteiger partial charge in [-0.05, 0) is 42.9 Å². The first-order chi connectivity index (χ1) is 9.01. The Kier molecular flexibility index (Phi) is 4.54. The van der Waals surface area contributed by atoms with Gasteiger partial charge in [-0.1, -0.05) is 12.1 Å². The molecule has 0 unspecified atom stereocenters. The first kappa shape index (κ1) is 14.4. The van der Waals surface area contributed by atoms with Crippen molar-refractivity contribution in [2.24, 2.45) is 5.92 Å². The first-order valence-corrected chi connectivity index (χ1v) is 7.88. The maximum absolute atomic E-state index is 12.8. The van der Waals surface area contributed by atoms with Crippen LogP contribution in [0.3, 0.4) is 0 Å². The minimum atomic E-state index is -3.29. The lowest BCUT2D eigenvalue weighted by atomic mass is 9.91. The largest absolute Gasteiger partial charge is 0.279 e. The Bertz CT molecular complexity index is 508. The molecule has 1 aromatic rings. The predicted molar refractivity (Wildman–Crippen MR) is 72.4 cm³/mol. The van der Waals surface area contributed by atoms with E-state index in [9.17, 15) is 12.8 Å². The first-order valence-electron chi connectivity index (χ1n) is 6.44. The summed E-state index contributed by atoms with van der Waals surface area (Å²) in [4.78, 5) is 0. The predicted octanol–water partition coefficient (Wildman–Crippen LogP) is 1.54. The van der Waals surface area contributed by atoms with Gasteiger partial charge in [-0.15, -0.1) is 0 Å². The summed E-state index contributed by atoms with van der Waals surface area (Å²) >= 11 is 0. The zero-order valence-electron chi connectivity index (χ0n) is 11.0. The third-order valence-corrected chi connectivity index (χ3v) is 5.17. The highest BCUT2D eigenvalue weighted by Crippen LogP contribution is 2.22. The van der Waals surface area contributed by atoms with E-state index in [1.165, 1.54) is 23.5 Å². The standard InChI is InChI=1S/C13H19FN2O2S/c1-15-19(17,18)16-8-6-12(7-9-16)10-11-2-4-13(14)5-3-11/h2-5,12,15H,6-10H2,1H3. The van der Waals surface area contributed by atoms with Crippen LogP contribution in [0.1, 0.15) is 18.4 Å². The average Bonchev–Trinajstić information content (AvgIpc) is 2.42. The van der Waals surface area contributed by atoms with Crippen molar-refractivity contribution in [1.82, 2.24) is 9.03 Å². The second-order valence-electron chi connectivity index (χ2n) is 4.88. The van der Waals surface area contributed by atoms with Gasteiger partial charge in [0.15, 0.2) is 0 Å². The fourth-order valence-corrected chi connectivity index (χ4v) is 3.39. The van der Waals surface area contributed by atoms with Crippen LogP contribution in [0.5, 0.6) is 0 Å². The van der Waals surface area contributed by atoms with Crippen molar-refractivity contribution < 1.29 is 12.8 Å². The minimum absolute atomic E-state index is 0.223. The van der Waals surface area contributed by atoms with Crippen LogP contribution in [0.4, 0.5) is 4.39 Å². The molecule has 6 heteroatoms. The van der Waals surface area contributed by atoms with Crippen LogP contribution in [0, 0.1) is 11.7 Å². The molecule has 1 aromatic carbocycles. The zero-order chi connectivity index (χ0) is 13.9. The number of nitrogens with zero attached hydrogens (tertiary/aromatic N) is 1. The number of nitrogens with one attached hydrogen (secondary N) is 1. The molecule has 1 N–H and O–H groups in total. The Labute approximate surface area is 113 Å². The number of hydrogen-bond acceptors (Lipinski definition) is 2. The van der Waals surface area contributed by atoms with E-state index < -0.39 is 10.2 Å². The maximum Gasteiger partial charge on any atom is 0.279 e. The van der Waals surface area contributed by atoms with Gasteiger partial charge in [0.05, 0.1) is 0 Å². The lowest BCUT2D eigenvalue weighted by molar-refractivity contribution is 0.271. The van der Waals surface area contributed by atoms with Crippen LogP contribution in [0.15, 0.2) is 24.3 Å². The molecule has 0 aromatic heterocycles. The van der Waals surface area contributed by atoms with Crippen molar-refractivity contribution in [3.63, 3.8) is 0 Å². The molecule has 19 heavy (non-hydrogen) atoms. The molecule has 0 bridgehead atoms. The van der Waals surface area contributed by atoms with Crippen molar-refractivity contribution in [2.45, 2.75) is 19.3 Å².